The molecule has 0 radical (unpaired) electrons. The quantitative estimate of drug-likeness (QED) is 0.479. The summed E-state index contributed by atoms with van der Waals surface area (Å²) < 4.78 is 10.1. The van der Waals surface area contributed by atoms with Gasteiger partial charge >= 0.3 is 5.97 Å². The van der Waals surface area contributed by atoms with Crippen LogP contribution in [-0.2, 0) is 19.1 Å². The average molecular weight is 216 g/mol. The molecule has 0 aromatic heterocycles. The molecule has 0 fully saturated rings. The van der Waals surface area contributed by atoms with Crippen molar-refractivity contribution in [2.45, 2.75) is 39.7 Å². The Morgan fingerprint density at radius 3 is 2.47 bits per heavy atom. The number of aldehydes is 1. The third kappa shape index (κ3) is 4.93. The van der Waals surface area contributed by atoms with Crippen LogP contribution in [0.1, 0.15) is 33.6 Å². The minimum absolute atomic E-state index is 0.180. The third-order valence-corrected chi connectivity index (χ3v) is 2.42. The van der Waals surface area contributed by atoms with E-state index in [-0.39, 0.29) is 19.0 Å². The van der Waals surface area contributed by atoms with Gasteiger partial charge in [0.1, 0.15) is 12.4 Å². The molecule has 0 aliphatic heterocycles. The zero-order valence-corrected chi connectivity index (χ0v) is 9.91. The number of esters is 1. The minimum Gasteiger partial charge on any atom is -0.459 e. The molecule has 88 valence electrons. The first-order valence-corrected chi connectivity index (χ1v) is 5.11. The van der Waals surface area contributed by atoms with Crippen LogP contribution in [-0.4, -0.2) is 32.1 Å². The molecule has 4 heteroatoms. The maximum atomic E-state index is 11.7. The van der Waals surface area contributed by atoms with Gasteiger partial charge in [0.25, 0.3) is 0 Å². The molecule has 0 aromatic carbocycles. The van der Waals surface area contributed by atoms with Crippen LogP contribution in [0, 0.1) is 5.41 Å². The Morgan fingerprint density at radius 2 is 2.07 bits per heavy atom. The van der Waals surface area contributed by atoms with E-state index in [0.717, 1.165) is 6.29 Å². The number of hydrogen-bond donors (Lipinski definition) is 0. The SMILES string of the molecule is CCC(C)(C)C(=O)OC(CC=O)COC. The summed E-state index contributed by atoms with van der Waals surface area (Å²) in [5.41, 5.74) is -0.505. The van der Waals surface area contributed by atoms with Gasteiger partial charge in [-0.25, -0.2) is 0 Å². The van der Waals surface area contributed by atoms with E-state index >= 15 is 0 Å². The van der Waals surface area contributed by atoms with Gasteiger partial charge in [0.15, 0.2) is 0 Å². The van der Waals surface area contributed by atoms with Crippen LogP contribution >= 0.6 is 0 Å². The monoisotopic (exact) mass is 216 g/mol. The van der Waals surface area contributed by atoms with Gasteiger partial charge in [0.05, 0.1) is 12.0 Å². The standard InChI is InChI=1S/C11H20O4/c1-5-11(2,3)10(13)15-9(6-7-12)8-14-4/h7,9H,5-6,8H2,1-4H3. The van der Waals surface area contributed by atoms with E-state index in [1.54, 1.807) is 0 Å². The maximum Gasteiger partial charge on any atom is 0.311 e. The summed E-state index contributed by atoms with van der Waals surface area (Å²) in [6.45, 7) is 5.82. The van der Waals surface area contributed by atoms with E-state index in [1.165, 1.54) is 7.11 Å². The van der Waals surface area contributed by atoms with Crippen LogP contribution in [0.2, 0.25) is 0 Å². The van der Waals surface area contributed by atoms with Gasteiger partial charge in [0, 0.05) is 13.5 Å². The molecule has 0 spiro atoms. The molecule has 0 aliphatic carbocycles. The van der Waals surface area contributed by atoms with Crippen LogP contribution in [0.15, 0.2) is 0 Å². The van der Waals surface area contributed by atoms with Crippen molar-refractivity contribution in [2.75, 3.05) is 13.7 Å². The summed E-state index contributed by atoms with van der Waals surface area (Å²) in [4.78, 5) is 22.0. The molecule has 4 nitrogen and oxygen atoms in total. The van der Waals surface area contributed by atoms with Crippen LogP contribution in [0.5, 0.6) is 0 Å². The molecule has 0 saturated heterocycles. The molecule has 0 N–H and O–H groups in total. The van der Waals surface area contributed by atoms with Crippen LogP contribution in [0.25, 0.3) is 0 Å². The van der Waals surface area contributed by atoms with Crippen molar-refractivity contribution in [3.8, 4) is 0 Å². The van der Waals surface area contributed by atoms with Crippen LogP contribution in [0.3, 0.4) is 0 Å². The average Bonchev–Trinajstić information content (AvgIpc) is 2.18. The highest BCUT2D eigenvalue weighted by atomic mass is 16.6. The van der Waals surface area contributed by atoms with E-state index in [4.69, 9.17) is 9.47 Å². The molecule has 15 heavy (non-hydrogen) atoms. The molecule has 0 heterocycles. The number of hydrogen-bond acceptors (Lipinski definition) is 4. The van der Waals surface area contributed by atoms with E-state index in [2.05, 4.69) is 0 Å². The second-order valence-corrected chi connectivity index (χ2v) is 4.12. The van der Waals surface area contributed by atoms with Crippen molar-refractivity contribution in [1.82, 2.24) is 0 Å². The zero-order chi connectivity index (χ0) is 11.9. The number of carbonyl (C=O) groups excluding carboxylic acids is 2. The van der Waals surface area contributed by atoms with Crippen molar-refractivity contribution < 1.29 is 19.1 Å². The Bertz CT molecular complexity index is 211. The minimum atomic E-state index is -0.505. The molecule has 0 rings (SSSR count). The first-order chi connectivity index (χ1) is 6.97. The Hall–Kier alpha value is -0.900. The molecule has 1 atom stereocenters. The van der Waals surface area contributed by atoms with Crippen molar-refractivity contribution in [2.24, 2.45) is 5.41 Å². The Balaban J connectivity index is 4.27. The van der Waals surface area contributed by atoms with Crippen molar-refractivity contribution in [1.29, 1.82) is 0 Å². The number of rotatable bonds is 7. The largest absolute Gasteiger partial charge is 0.459 e. The normalized spacial score (nSPS) is 13.3. The molecule has 0 aromatic rings. The molecule has 0 bridgehead atoms. The second kappa shape index (κ2) is 6.56. The lowest BCUT2D eigenvalue weighted by Gasteiger charge is -2.24. The number of carbonyl (C=O) groups is 2. The number of methoxy groups -OCH3 is 1. The van der Waals surface area contributed by atoms with E-state index in [1.807, 2.05) is 20.8 Å². The first kappa shape index (κ1) is 14.1. The second-order valence-electron chi connectivity index (χ2n) is 4.12. The fourth-order valence-corrected chi connectivity index (χ4v) is 0.899. The maximum absolute atomic E-state index is 11.7. The summed E-state index contributed by atoms with van der Waals surface area (Å²) in [5, 5.41) is 0. The Kier molecular flexibility index (Phi) is 6.17. The van der Waals surface area contributed by atoms with Crippen LogP contribution in [0.4, 0.5) is 0 Å². The van der Waals surface area contributed by atoms with Crippen molar-refractivity contribution >= 4 is 12.3 Å². The van der Waals surface area contributed by atoms with E-state index in [9.17, 15) is 9.59 Å². The van der Waals surface area contributed by atoms with E-state index < -0.39 is 11.5 Å². The molecular formula is C11H20O4. The lowest BCUT2D eigenvalue weighted by molar-refractivity contribution is -0.162. The highest BCUT2D eigenvalue weighted by Gasteiger charge is 2.29. The fourth-order valence-electron chi connectivity index (χ4n) is 0.899. The van der Waals surface area contributed by atoms with Crippen molar-refractivity contribution in [3.05, 3.63) is 0 Å². The summed E-state index contributed by atoms with van der Waals surface area (Å²) >= 11 is 0. The molecule has 0 saturated carbocycles. The highest BCUT2D eigenvalue weighted by molar-refractivity contribution is 5.76. The fraction of sp³-hybridized carbons (Fsp3) is 0.818. The summed E-state index contributed by atoms with van der Waals surface area (Å²) in [6, 6.07) is 0. The number of ether oxygens (including phenoxy) is 2. The van der Waals surface area contributed by atoms with E-state index in [0.29, 0.717) is 6.42 Å². The summed E-state index contributed by atoms with van der Waals surface area (Å²) in [5.74, 6) is -0.283. The van der Waals surface area contributed by atoms with Gasteiger partial charge in [-0.1, -0.05) is 6.92 Å². The van der Waals surface area contributed by atoms with Gasteiger partial charge in [-0.2, -0.15) is 0 Å². The van der Waals surface area contributed by atoms with Gasteiger partial charge in [0.2, 0.25) is 0 Å². The Morgan fingerprint density at radius 1 is 1.47 bits per heavy atom. The smallest absolute Gasteiger partial charge is 0.311 e. The molecule has 0 amide bonds. The predicted octanol–water partition coefficient (Wildman–Crippen LogP) is 1.57. The van der Waals surface area contributed by atoms with Gasteiger partial charge < -0.3 is 14.3 Å². The lowest BCUT2D eigenvalue weighted by atomic mass is 9.90. The lowest BCUT2D eigenvalue weighted by Crippen LogP contribution is -2.32. The third-order valence-electron chi connectivity index (χ3n) is 2.42. The van der Waals surface area contributed by atoms with Gasteiger partial charge in [-0.05, 0) is 20.3 Å². The van der Waals surface area contributed by atoms with Gasteiger partial charge in [-0.15, -0.1) is 0 Å². The molecular weight excluding hydrogens is 196 g/mol. The molecule has 1 unspecified atom stereocenters. The van der Waals surface area contributed by atoms with Crippen LogP contribution < -0.4 is 0 Å². The topological polar surface area (TPSA) is 52.6 Å². The molecule has 0 aliphatic rings. The highest BCUT2D eigenvalue weighted by Crippen LogP contribution is 2.22. The summed E-state index contributed by atoms with van der Waals surface area (Å²) in [7, 11) is 1.51. The Labute approximate surface area is 90.9 Å². The first-order valence-electron chi connectivity index (χ1n) is 5.11. The van der Waals surface area contributed by atoms with Gasteiger partial charge in [-0.3, -0.25) is 4.79 Å². The predicted molar refractivity (Wildman–Crippen MR) is 56.5 cm³/mol. The summed E-state index contributed by atoms with van der Waals surface area (Å²) in [6.07, 6.45) is 1.15. The van der Waals surface area contributed by atoms with Crippen molar-refractivity contribution in [3.63, 3.8) is 0 Å². The zero-order valence-electron chi connectivity index (χ0n) is 9.91.